The molecule has 0 aromatic heterocycles. The van der Waals surface area contributed by atoms with Crippen molar-refractivity contribution in [2.24, 2.45) is 0 Å². The third kappa shape index (κ3) is 5.46. The van der Waals surface area contributed by atoms with Crippen LogP contribution in [0.5, 0.6) is 0 Å². The Morgan fingerprint density at radius 2 is 1.40 bits per heavy atom. The highest BCUT2D eigenvalue weighted by atomic mass is 16.6. The summed E-state index contributed by atoms with van der Waals surface area (Å²) in [5.41, 5.74) is 1.47. The number of nitrogens with zero attached hydrogens (tertiary/aromatic N) is 1. The van der Waals surface area contributed by atoms with E-state index in [1.54, 1.807) is 43.3 Å². The van der Waals surface area contributed by atoms with E-state index >= 15 is 0 Å². The van der Waals surface area contributed by atoms with Crippen LogP contribution < -0.4 is 0 Å². The van der Waals surface area contributed by atoms with Crippen LogP contribution in [0.1, 0.15) is 18.1 Å². The van der Waals surface area contributed by atoms with E-state index in [4.69, 9.17) is 9.47 Å². The monoisotopic (exact) mass is 341 g/mol. The molecule has 130 valence electrons. The number of carbonyl (C=O) groups excluding carboxylic acids is 3. The fourth-order valence-corrected chi connectivity index (χ4v) is 2.09. The van der Waals surface area contributed by atoms with Gasteiger partial charge in [-0.15, -0.1) is 0 Å². The highest BCUT2D eigenvalue weighted by Gasteiger charge is 2.30. The maximum atomic E-state index is 12.3. The van der Waals surface area contributed by atoms with Gasteiger partial charge in [0.2, 0.25) is 0 Å². The third-order valence-corrected chi connectivity index (χ3v) is 3.30. The minimum atomic E-state index is -1.09. The number of amides is 2. The lowest BCUT2D eigenvalue weighted by molar-refractivity contribution is -0.159. The summed E-state index contributed by atoms with van der Waals surface area (Å²) in [5.74, 6) is -2.14. The second-order valence-corrected chi connectivity index (χ2v) is 5.14. The van der Waals surface area contributed by atoms with Gasteiger partial charge in [-0.2, -0.15) is 0 Å². The zero-order valence-corrected chi connectivity index (χ0v) is 13.9. The van der Waals surface area contributed by atoms with Gasteiger partial charge in [-0.1, -0.05) is 60.7 Å². The van der Waals surface area contributed by atoms with Crippen molar-refractivity contribution in [2.75, 3.05) is 6.61 Å². The van der Waals surface area contributed by atoms with E-state index in [2.05, 4.69) is 0 Å². The predicted molar refractivity (Wildman–Crippen MR) is 90.3 cm³/mol. The quantitative estimate of drug-likeness (QED) is 0.617. The van der Waals surface area contributed by atoms with Crippen LogP contribution in [0.25, 0.3) is 0 Å². The Kier molecular flexibility index (Phi) is 6.71. The molecule has 0 aliphatic rings. The summed E-state index contributed by atoms with van der Waals surface area (Å²) in [6.45, 7) is 1.55. The maximum absolute atomic E-state index is 12.3. The maximum Gasteiger partial charge on any atom is 0.417 e. The van der Waals surface area contributed by atoms with Gasteiger partial charge in [-0.3, -0.25) is 4.79 Å². The molecule has 2 aromatic carbocycles. The summed E-state index contributed by atoms with van der Waals surface area (Å²) >= 11 is 0. The highest BCUT2D eigenvalue weighted by molar-refractivity contribution is 6.34. The Morgan fingerprint density at radius 3 is 1.96 bits per heavy atom. The number of ether oxygens (including phenoxy) is 2. The summed E-state index contributed by atoms with van der Waals surface area (Å²) < 4.78 is 9.87. The molecule has 0 unspecified atom stereocenters. The van der Waals surface area contributed by atoms with Crippen molar-refractivity contribution in [3.05, 3.63) is 71.8 Å². The van der Waals surface area contributed by atoms with E-state index < -0.39 is 18.0 Å². The van der Waals surface area contributed by atoms with Gasteiger partial charge in [0.25, 0.3) is 0 Å². The Hall–Kier alpha value is -3.15. The number of imide groups is 1. The van der Waals surface area contributed by atoms with Crippen molar-refractivity contribution in [1.29, 1.82) is 0 Å². The van der Waals surface area contributed by atoms with Crippen molar-refractivity contribution in [2.45, 2.75) is 20.1 Å². The molecule has 0 N–H and O–H groups in total. The molecule has 0 saturated heterocycles. The van der Waals surface area contributed by atoms with Crippen LogP contribution in [0.4, 0.5) is 4.79 Å². The molecule has 6 heteroatoms. The Labute approximate surface area is 146 Å². The molecule has 0 fully saturated rings. The van der Waals surface area contributed by atoms with Crippen LogP contribution in [0.3, 0.4) is 0 Å². The van der Waals surface area contributed by atoms with Crippen LogP contribution in [0.15, 0.2) is 60.7 Å². The molecule has 6 nitrogen and oxygen atoms in total. The predicted octanol–water partition coefficient (Wildman–Crippen LogP) is 2.92. The Bertz CT molecular complexity index is 715. The van der Waals surface area contributed by atoms with Crippen LogP contribution in [-0.4, -0.2) is 29.5 Å². The van der Waals surface area contributed by atoms with Gasteiger partial charge in [-0.25, -0.2) is 14.5 Å². The van der Waals surface area contributed by atoms with Gasteiger partial charge in [0.1, 0.15) is 6.61 Å². The lowest BCUT2D eigenvalue weighted by Gasteiger charge is -2.19. The van der Waals surface area contributed by atoms with E-state index in [1.807, 2.05) is 24.3 Å². The van der Waals surface area contributed by atoms with Gasteiger partial charge in [0.05, 0.1) is 13.2 Å². The lowest BCUT2D eigenvalue weighted by atomic mass is 10.2. The van der Waals surface area contributed by atoms with E-state index in [0.717, 1.165) is 10.5 Å². The number of benzene rings is 2. The molecule has 0 spiro atoms. The number of esters is 1. The number of carbonyl (C=O) groups is 3. The molecule has 2 rings (SSSR count). The molecule has 2 aromatic rings. The smallest absolute Gasteiger partial charge is 0.417 e. The average Bonchev–Trinajstić information content (AvgIpc) is 2.65. The van der Waals surface area contributed by atoms with E-state index in [-0.39, 0.29) is 19.8 Å². The summed E-state index contributed by atoms with van der Waals surface area (Å²) in [6, 6.07) is 17.9. The van der Waals surface area contributed by atoms with Crippen LogP contribution >= 0.6 is 0 Å². The summed E-state index contributed by atoms with van der Waals surface area (Å²) in [5, 5.41) is 0. The summed E-state index contributed by atoms with van der Waals surface area (Å²) in [7, 11) is 0. The van der Waals surface area contributed by atoms with E-state index in [0.29, 0.717) is 5.56 Å². The third-order valence-electron chi connectivity index (χ3n) is 3.30. The Morgan fingerprint density at radius 1 is 0.840 bits per heavy atom. The molecule has 0 bridgehead atoms. The van der Waals surface area contributed by atoms with Gasteiger partial charge in [0, 0.05) is 0 Å². The van der Waals surface area contributed by atoms with Gasteiger partial charge in [-0.05, 0) is 18.1 Å². The first-order chi connectivity index (χ1) is 12.1. The molecular formula is C19H19NO5. The fourth-order valence-electron chi connectivity index (χ4n) is 2.09. The molecule has 0 heterocycles. The second-order valence-electron chi connectivity index (χ2n) is 5.14. The van der Waals surface area contributed by atoms with Gasteiger partial charge >= 0.3 is 18.0 Å². The van der Waals surface area contributed by atoms with Crippen molar-refractivity contribution in [3.8, 4) is 0 Å². The second kappa shape index (κ2) is 9.22. The SMILES string of the molecule is CCOC(=O)C(=O)N(Cc1ccccc1)C(=O)OCc1ccccc1. The van der Waals surface area contributed by atoms with Crippen molar-refractivity contribution < 1.29 is 23.9 Å². The zero-order valence-electron chi connectivity index (χ0n) is 13.9. The first kappa shape index (κ1) is 18.2. The number of rotatable bonds is 5. The molecule has 0 aliphatic carbocycles. The van der Waals surface area contributed by atoms with Gasteiger partial charge in [0.15, 0.2) is 0 Å². The van der Waals surface area contributed by atoms with Crippen molar-refractivity contribution in [1.82, 2.24) is 4.90 Å². The van der Waals surface area contributed by atoms with Gasteiger partial charge < -0.3 is 9.47 Å². The molecule has 0 radical (unpaired) electrons. The van der Waals surface area contributed by atoms with Crippen LogP contribution in [0.2, 0.25) is 0 Å². The lowest BCUT2D eigenvalue weighted by Crippen LogP contribution is -2.41. The normalized spacial score (nSPS) is 9.96. The molecule has 0 saturated carbocycles. The molecule has 2 amide bonds. The largest absolute Gasteiger partial charge is 0.459 e. The molecule has 25 heavy (non-hydrogen) atoms. The topological polar surface area (TPSA) is 72.9 Å². The summed E-state index contributed by atoms with van der Waals surface area (Å²) in [4.78, 5) is 37.1. The van der Waals surface area contributed by atoms with E-state index in [9.17, 15) is 14.4 Å². The van der Waals surface area contributed by atoms with Crippen molar-refractivity contribution >= 4 is 18.0 Å². The average molecular weight is 341 g/mol. The Balaban J connectivity index is 2.10. The van der Waals surface area contributed by atoms with Crippen LogP contribution in [-0.2, 0) is 32.2 Å². The molecule has 0 aliphatic heterocycles. The first-order valence-electron chi connectivity index (χ1n) is 7.85. The highest BCUT2D eigenvalue weighted by Crippen LogP contribution is 2.09. The van der Waals surface area contributed by atoms with E-state index in [1.165, 1.54) is 0 Å². The number of hydrogen-bond acceptors (Lipinski definition) is 5. The van der Waals surface area contributed by atoms with Crippen LogP contribution in [0, 0.1) is 0 Å². The van der Waals surface area contributed by atoms with Crippen molar-refractivity contribution in [3.63, 3.8) is 0 Å². The molecule has 0 atom stereocenters. The summed E-state index contributed by atoms with van der Waals surface area (Å²) in [6.07, 6.45) is -0.897. The first-order valence-corrected chi connectivity index (χ1v) is 7.85. The fraction of sp³-hybridized carbons (Fsp3) is 0.211. The minimum Gasteiger partial charge on any atom is -0.459 e. The number of hydrogen-bond donors (Lipinski definition) is 0. The molecular weight excluding hydrogens is 322 g/mol. The zero-order chi connectivity index (χ0) is 18.1. The minimum absolute atomic E-state index is 0.00106. The standard InChI is InChI=1S/C19H19NO5/c1-2-24-18(22)17(21)20(13-15-9-5-3-6-10-15)19(23)25-14-16-11-7-4-8-12-16/h3-12H,2,13-14H2,1H3.